The van der Waals surface area contributed by atoms with Crippen LogP contribution in [-0.2, 0) is 9.59 Å². The van der Waals surface area contributed by atoms with E-state index in [0.717, 1.165) is 0 Å². The van der Waals surface area contributed by atoms with Crippen LogP contribution in [0.25, 0.3) is 0 Å². The summed E-state index contributed by atoms with van der Waals surface area (Å²) in [5.74, 6) is -0.760. The molecular formula is C25H25ClFN5O3. The zero-order valence-electron chi connectivity index (χ0n) is 19.2. The van der Waals surface area contributed by atoms with Crippen molar-refractivity contribution in [2.24, 2.45) is 0 Å². The maximum absolute atomic E-state index is 14.1. The van der Waals surface area contributed by atoms with Gasteiger partial charge in [0, 0.05) is 38.2 Å². The molecule has 3 aliphatic heterocycles. The molecule has 0 aliphatic carbocycles. The summed E-state index contributed by atoms with van der Waals surface area (Å²) in [6, 6.07) is 12.6. The summed E-state index contributed by atoms with van der Waals surface area (Å²) in [5, 5.41) is 3.30. The highest BCUT2D eigenvalue weighted by atomic mass is 35.5. The number of benzene rings is 2. The number of urea groups is 1. The average Bonchev–Trinajstić information content (AvgIpc) is 3.18. The molecule has 0 unspecified atom stereocenters. The number of amides is 4. The number of hydrogen-bond acceptors (Lipinski definition) is 4. The van der Waals surface area contributed by atoms with E-state index in [1.807, 2.05) is 4.90 Å². The minimum atomic E-state index is -0.681. The molecule has 10 heteroatoms. The van der Waals surface area contributed by atoms with Crippen LogP contribution >= 0.6 is 11.6 Å². The van der Waals surface area contributed by atoms with E-state index in [1.165, 1.54) is 15.9 Å². The van der Waals surface area contributed by atoms with Crippen LogP contribution in [0.3, 0.4) is 0 Å². The van der Waals surface area contributed by atoms with Crippen LogP contribution < -0.4 is 10.2 Å². The smallest absolute Gasteiger partial charge is 0.322 e. The molecule has 0 radical (unpaired) electrons. The number of para-hydroxylation sites is 1. The van der Waals surface area contributed by atoms with Crippen LogP contribution in [0.1, 0.15) is 11.6 Å². The Hall–Kier alpha value is -3.59. The first kappa shape index (κ1) is 23.2. The molecule has 8 nitrogen and oxygen atoms in total. The average molecular weight is 498 g/mol. The Labute approximate surface area is 207 Å². The summed E-state index contributed by atoms with van der Waals surface area (Å²) in [6.07, 6.45) is 0. The molecule has 3 aliphatic rings. The van der Waals surface area contributed by atoms with Gasteiger partial charge in [-0.25, -0.2) is 9.18 Å². The first-order valence-corrected chi connectivity index (χ1v) is 11.8. The molecule has 35 heavy (non-hydrogen) atoms. The summed E-state index contributed by atoms with van der Waals surface area (Å²) >= 11 is 6.37. The van der Waals surface area contributed by atoms with Crippen LogP contribution in [0.15, 0.2) is 59.8 Å². The van der Waals surface area contributed by atoms with E-state index in [0.29, 0.717) is 53.7 Å². The molecule has 182 valence electrons. The third-order valence-electron chi connectivity index (χ3n) is 6.80. The van der Waals surface area contributed by atoms with Crippen molar-refractivity contribution in [2.75, 3.05) is 51.2 Å². The first-order chi connectivity index (χ1) is 16.8. The van der Waals surface area contributed by atoms with Crippen molar-refractivity contribution in [1.29, 1.82) is 0 Å². The fraction of sp³-hybridized carbons (Fsp3) is 0.320. The van der Waals surface area contributed by atoms with Crippen LogP contribution in [0, 0.1) is 5.82 Å². The number of nitrogens with zero attached hydrogens (tertiary/aromatic N) is 4. The lowest BCUT2D eigenvalue weighted by Gasteiger charge is -2.36. The fourth-order valence-corrected chi connectivity index (χ4v) is 5.11. The Kier molecular flexibility index (Phi) is 6.10. The zero-order valence-corrected chi connectivity index (χ0v) is 20.0. The van der Waals surface area contributed by atoms with Gasteiger partial charge in [0.2, 0.25) is 5.91 Å². The SMILES string of the molecule is CN1C(=O)N[C@@H](c2ccccc2Cl)C2=C1CN(CC(=O)N1CCN(c3ccccc3F)CC1)C2=O. The molecule has 0 bridgehead atoms. The van der Waals surface area contributed by atoms with Crippen molar-refractivity contribution < 1.29 is 18.8 Å². The van der Waals surface area contributed by atoms with Gasteiger partial charge < -0.3 is 20.0 Å². The molecule has 4 amide bonds. The minimum Gasteiger partial charge on any atom is -0.366 e. The number of carbonyl (C=O) groups excluding carboxylic acids is 3. The van der Waals surface area contributed by atoms with Crippen molar-refractivity contribution in [3.8, 4) is 0 Å². The summed E-state index contributed by atoms with van der Waals surface area (Å²) in [6.45, 7) is 1.95. The van der Waals surface area contributed by atoms with Crippen molar-refractivity contribution in [2.45, 2.75) is 6.04 Å². The minimum absolute atomic E-state index is 0.0944. The second-order valence-electron chi connectivity index (χ2n) is 8.80. The van der Waals surface area contributed by atoms with Gasteiger partial charge in [0.1, 0.15) is 12.4 Å². The quantitative estimate of drug-likeness (QED) is 0.704. The summed E-state index contributed by atoms with van der Waals surface area (Å²) in [4.78, 5) is 45.6. The Morgan fingerprint density at radius 3 is 2.46 bits per heavy atom. The van der Waals surface area contributed by atoms with Crippen molar-refractivity contribution >= 4 is 35.1 Å². The van der Waals surface area contributed by atoms with Gasteiger partial charge in [0.05, 0.1) is 29.5 Å². The molecule has 1 fully saturated rings. The predicted molar refractivity (Wildman–Crippen MR) is 129 cm³/mol. The van der Waals surface area contributed by atoms with E-state index < -0.39 is 6.04 Å². The standard InChI is InChI=1S/C25H25ClFN5O3/c1-29-20-14-32(24(34)22(20)23(28-25(29)35)16-6-2-3-7-17(16)26)15-21(33)31-12-10-30(11-13-31)19-9-5-4-8-18(19)27/h2-9,23H,10-15H2,1H3,(H,28,35)/t23-/m0/s1. The highest BCUT2D eigenvalue weighted by Crippen LogP contribution is 2.38. The molecule has 0 aromatic heterocycles. The second-order valence-corrected chi connectivity index (χ2v) is 9.21. The van der Waals surface area contributed by atoms with E-state index in [4.69, 9.17) is 11.6 Å². The van der Waals surface area contributed by atoms with Gasteiger partial charge in [0.15, 0.2) is 0 Å². The van der Waals surface area contributed by atoms with Crippen LogP contribution in [0.2, 0.25) is 5.02 Å². The molecule has 2 aromatic rings. The third kappa shape index (κ3) is 4.20. The molecule has 1 N–H and O–H groups in total. The lowest BCUT2D eigenvalue weighted by molar-refractivity contribution is -0.137. The van der Waals surface area contributed by atoms with Gasteiger partial charge >= 0.3 is 6.03 Å². The monoisotopic (exact) mass is 497 g/mol. The summed E-state index contributed by atoms with van der Waals surface area (Å²) in [5.41, 5.74) is 2.16. The number of hydrogen-bond donors (Lipinski definition) is 1. The largest absolute Gasteiger partial charge is 0.366 e. The first-order valence-electron chi connectivity index (χ1n) is 11.4. The number of halogens is 2. The lowest BCUT2D eigenvalue weighted by Crippen LogP contribution is -2.51. The maximum atomic E-state index is 14.1. The Morgan fingerprint density at radius 2 is 1.74 bits per heavy atom. The number of carbonyl (C=O) groups is 3. The number of piperazine rings is 1. The number of nitrogens with one attached hydrogen (secondary N) is 1. The summed E-state index contributed by atoms with van der Waals surface area (Å²) < 4.78 is 14.1. The van der Waals surface area contributed by atoms with Crippen molar-refractivity contribution in [3.63, 3.8) is 0 Å². The molecule has 1 atom stereocenters. The molecule has 3 heterocycles. The van der Waals surface area contributed by atoms with E-state index >= 15 is 0 Å². The van der Waals surface area contributed by atoms with Gasteiger partial charge in [-0.15, -0.1) is 0 Å². The number of anilines is 1. The maximum Gasteiger partial charge on any atom is 0.322 e. The molecule has 0 saturated carbocycles. The van der Waals surface area contributed by atoms with E-state index in [9.17, 15) is 18.8 Å². The normalized spacial score (nSPS) is 20.4. The van der Waals surface area contributed by atoms with E-state index in [2.05, 4.69) is 5.32 Å². The van der Waals surface area contributed by atoms with Gasteiger partial charge in [-0.05, 0) is 23.8 Å². The molecule has 0 spiro atoms. The number of likely N-dealkylation sites (N-methyl/N-ethyl adjacent to an activating group) is 1. The van der Waals surface area contributed by atoms with Gasteiger partial charge in [0.25, 0.3) is 5.91 Å². The molecule has 1 saturated heterocycles. The van der Waals surface area contributed by atoms with Gasteiger partial charge in [-0.1, -0.05) is 41.9 Å². The second kappa shape index (κ2) is 9.22. The number of rotatable bonds is 4. The topological polar surface area (TPSA) is 76.2 Å². The van der Waals surface area contributed by atoms with Crippen LogP contribution in [-0.4, -0.2) is 78.9 Å². The molecule has 2 aromatic carbocycles. The van der Waals surface area contributed by atoms with E-state index in [1.54, 1.807) is 54.4 Å². The highest BCUT2D eigenvalue weighted by Gasteiger charge is 2.44. The lowest BCUT2D eigenvalue weighted by atomic mass is 9.96. The Morgan fingerprint density at radius 1 is 1.06 bits per heavy atom. The molecular weight excluding hydrogens is 473 g/mol. The van der Waals surface area contributed by atoms with Gasteiger partial charge in [-0.3, -0.25) is 14.5 Å². The fourth-order valence-electron chi connectivity index (χ4n) is 4.86. The Bertz CT molecular complexity index is 1230. The molecule has 5 rings (SSSR count). The third-order valence-corrected chi connectivity index (χ3v) is 7.15. The zero-order chi connectivity index (χ0) is 24.7. The summed E-state index contributed by atoms with van der Waals surface area (Å²) in [7, 11) is 1.61. The van der Waals surface area contributed by atoms with Crippen LogP contribution in [0.4, 0.5) is 14.9 Å². The Balaban J connectivity index is 1.28. The van der Waals surface area contributed by atoms with Crippen molar-refractivity contribution in [3.05, 3.63) is 76.2 Å². The van der Waals surface area contributed by atoms with Gasteiger partial charge in [-0.2, -0.15) is 0 Å². The van der Waals surface area contributed by atoms with Crippen molar-refractivity contribution in [1.82, 2.24) is 20.0 Å². The van der Waals surface area contributed by atoms with E-state index in [-0.39, 0.29) is 36.8 Å². The highest BCUT2D eigenvalue weighted by molar-refractivity contribution is 6.31. The van der Waals surface area contributed by atoms with Crippen LogP contribution in [0.5, 0.6) is 0 Å². The predicted octanol–water partition coefficient (Wildman–Crippen LogP) is 2.62.